The van der Waals surface area contributed by atoms with Crippen molar-refractivity contribution in [2.45, 2.75) is 20.8 Å². The van der Waals surface area contributed by atoms with Gasteiger partial charge in [-0.05, 0) is 44.0 Å². The molecule has 0 aliphatic rings. The van der Waals surface area contributed by atoms with Crippen molar-refractivity contribution in [2.75, 3.05) is 5.73 Å². The highest BCUT2D eigenvalue weighted by molar-refractivity contribution is 5.68. The summed E-state index contributed by atoms with van der Waals surface area (Å²) < 4.78 is 5.41. The van der Waals surface area contributed by atoms with Gasteiger partial charge in [-0.25, -0.2) is 0 Å². The van der Waals surface area contributed by atoms with E-state index in [1.54, 1.807) is 0 Å². The van der Waals surface area contributed by atoms with E-state index in [-0.39, 0.29) is 0 Å². The molecule has 2 aromatic carbocycles. The standard InChI is InChI=1S/C17H17N3O/c1-10-4-6-13(7-5-10)16-19-17(21-20-16)15-9-14(18)8-11(2)12(15)3/h4-9H,18H2,1-3H3. The van der Waals surface area contributed by atoms with Crippen molar-refractivity contribution in [1.82, 2.24) is 10.1 Å². The number of benzene rings is 2. The van der Waals surface area contributed by atoms with Gasteiger partial charge in [-0.1, -0.05) is 35.0 Å². The molecule has 21 heavy (non-hydrogen) atoms. The van der Waals surface area contributed by atoms with Crippen molar-refractivity contribution < 1.29 is 4.52 Å². The first kappa shape index (κ1) is 13.4. The van der Waals surface area contributed by atoms with E-state index in [0.717, 1.165) is 22.3 Å². The van der Waals surface area contributed by atoms with Crippen LogP contribution in [0.2, 0.25) is 0 Å². The summed E-state index contributed by atoms with van der Waals surface area (Å²) in [5, 5.41) is 4.07. The molecule has 0 saturated carbocycles. The molecular weight excluding hydrogens is 262 g/mol. The van der Waals surface area contributed by atoms with E-state index in [2.05, 4.69) is 10.1 Å². The van der Waals surface area contributed by atoms with Crippen molar-refractivity contribution in [3.63, 3.8) is 0 Å². The van der Waals surface area contributed by atoms with Crippen molar-refractivity contribution in [3.05, 3.63) is 53.1 Å². The SMILES string of the molecule is Cc1ccc(-c2noc(-c3cc(N)cc(C)c3C)n2)cc1. The number of nitrogen functional groups attached to an aromatic ring is 1. The van der Waals surface area contributed by atoms with Crippen LogP contribution in [-0.2, 0) is 0 Å². The van der Waals surface area contributed by atoms with E-state index >= 15 is 0 Å². The predicted molar refractivity (Wildman–Crippen MR) is 83.8 cm³/mol. The zero-order valence-electron chi connectivity index (χ0n) is 12.3. The Kier molecular flexibility index (Phi) is 3.22. The molecule has 0 spiro atoms. The number of nitrogens with two attached hydrogens (primary N) is 1. The minimum Gasteiger partial charge on any atom is -0.399 e. The average molecular weight is 279 g/mol. The fourth-order valence-electron chi connectivity index (χ4n) is 2.26. The molecule has 0 saturated heterocycles. The van der Waals surface area contributed by atoms with Crippen LogP contribution in [0.5, 0.6) is 0 Å². The molecule has 1 aromatic heterocycles. The molecule has 0 radical (unpaired) electrons. The third kappa shape index (κ3) is 2.52. The Morgan fingerprint density at radius 3 is 2.43 bits per heavy atom. The van der Waals surface area contributed by atoms with Crippen LogP contribution >= 0.6 is 0 Å². The second-order valence-corrected chi connectivity index (χ2v) is 5.30. The van der Waals surface area contributed by atoms with Crippen LogP contribution in [-0.4, -0.2) is 10.1 Å². The summed E-state index contributed by atoms with van der Waals surface area (Å²) in [7, 11) is 0. The zero-order chi connectivity index (χ0) is 15.0. The minimum atomic E-state index is 0.499. The molecule has 2 N–H and O–H groups in total. The Hall–Kier alpha value is -2.62. The van der Waals surface area contributed by atoms with Gasteiger partial charge in [0, 0.05) is 16.8 Å². The summed E-state index contributed by atoms with van der Waals surface area (Å²) in [4.78, 5) is 4.49. The third-order valence-corrected chi connectivity index (χ3v) is 3.66. The fourth-order valence-corrected chi connectivity index (χ4v) is 2.26. The van der Waals surface area contributed by atoms with Gasteiger partial charge >= 0.3 is 0 Å². The molecule has 0 aliphatic heterocycles. The highest BCUT2D eigenvalue weighted by atomic mass is 16.5. The van der Waals surface area contributed by atoms with E-state index in [0.29, 0.717) is 17.4 Å². The summed E-state index contributed by atoms with van der Waals surface area (Å²) in [5.74, 6) is 1.09. The number of nitrogens with zero attached hydrogens (tertiary/aromatic N) is 2. The van der Waals surface area contributed by atoms with Crippen molar-refractivity contribution in [3.8, 4) is 22.8 Å². The summed E-state index contributed by atoms with van der Waals surface area (Å²) in [5.41, 5.74) is 11.8. The van der Waals surface area contributed by atoms with Gasteiger partial charge in [-0.3, -0.25) is 0 Å². The number of aryl methyl sites for hydroxylation is 2. The Labute approximate surface area is 123 Å². The van der Waals surface area contributed by atoms with Gasteiger partial charge in [0.2, 0.25) is 5.82 Å². The van der Waals surface area contributed by atoms with Gasteiger partial charge < -0.3 is 10.3 Å². The number of hydrogen-bond donors (Lipinski definition) is 1. The van der Waals surface area contributed by atoms with E-state index in [1.807, 2.05) is 57.2 Å². The summed E-state index contributed by atoms with van der Waals surface area (Å²) in [6.07, 6.45) is 0. The smallest absolute Gasteiger partial charge is 0.258 e. The zero-order valence-corrected chi connectivity index (χ0v) is 12.3. The lowest BCUT2D eigenvalue weighted by Crippen LogP contribution is -1.93. The van der Waals surface area contributed by atoms with Crippen LogP contribution in [0, 0.1) is 20.8 Å². The molecule has 106 valence electrons. The molecule has 3 rings (SSSR count). The molecule has 0 amide bonds. The molecule has 0 unspecified atom stereocenters. The van der Waals surface area contributed by atoms with Crippen LogP contribution in [0.15, 0.2) is 40.9 Å². The fraction of sp³-hybridized carbons (Fsp3) is 0.176. The van der Waals surface area contributed by atoms with Crippen molar-refractivity contribution in [2.24, 2.45) is 0 Å². The van der Waals surface area contributed by atoms with Gasteiger partial charge in [0.25, 0.3) is 5.89 Å². The van der Waals surface area contributed by atoms with Crippen molar-refractivity contribution in [1.29, 1.82) is 0 Å². The number of anilines is 1. The van der Waals surface area contributed by atoms with E-state index in [1.165, 1.54) is 5.56 Å². The average Bonchev–Trinajstić information content (AvgIpc) is 2.93. The largest absolute Gasteiger partial charge is 0.399 e. The van der Waals surface area contributed by atoms with Gasteiger partial charge in [0.1, 0.15) is 0 Å². The molecule has 4 nitrogen and oxygen atoms in total. The second-order valence-electron chi connectivity index (χ2n) is 5.30. The normalized spacial score (nSPS) is 10.8. The maximum Gasteiger partial charge on any atom is 0.258 e. The van der Waals surface area contributed by atoms with E-state index in [4.69, 9.17) is 10.3 Å². The number of aromatic nitrogens is 2. The summed E-state index contributed by atoms with van der Waals surface area (Å²) >= 11 is 0. The monoisotopic (exact) mass is 279 g/mol. The first-order valence-corrected chi connectivity index (χ1v) is 6.82. The quantitative estimate of drug-likeness (QED) is 0.722. The molecule has 3 aromatic rings. The predicted octanol–water partition coefficient (Wildman–Crippen LogP) is 3.91. The Morgan fingerprint density at radius 2 is 1.71 bits per heavy atom. The Morgan fingerprint density at radius 1 is 1.00 bits per heavy atom. The van der Waals surface area contributed by atoms with Gasteiger partial charge in [0.15, 0.2) is 0 Å². The van der Waals surface area contributed by atoms with Crippen LogP contribution in [0.25, 0.3) is 22.8 Å². The lowest BCUT2D eigenvalue weighted by molar-refractivity contribution is 0.432. The third-order valence-electron chi connectivity index (χ3n) is 3.66. The summed E-state index contributed by atoms with van der Waals surface area (Å²) in [6.45, 7) is 6.09. The lowest BCUT2D eigenvalue weighted by atomic mass is 10.0. The molecule has 0 atom stereocenters. The van der Waals surface area contributed by atoms with Crippen LogP contribution < -0.4 is 5.73 Å². The molecule has 1 heterocycles. The first-order chi connectivity index (χ1) is 10.0. The molecule has 4 heteroatoms. The molecular formula is C17H17N3O. The summed E-state index contributed by atoms with van der Waals surface area (Å²) in [6, 6.07) is 11.8. The van der Waals surface area contributed by atoms with Gasteiger partial charge in [-0.15, -0.1) is 0 Å². The Bertz CT molecular complexity index is 788. The highest BCUT2D eigenvalue weighted by Gasteiger charge is 2.14. The second kappa shape index (κ2) is 5.05. The van der Waals surface area contributed by atoms with Crippen LogP contribution in [0.1, 0.15) is 16.7 Å². The van der Waals surface area contributed by atoms with Crippen LogP contribution in [0.4, 0.5) is 5.69 Å². The number of hydrogen-bond acceptors (Lipinski definition) is 4. The molecule has 0 bridgehead atoms. The highest BCUT2D eigenvalue weighted by Crippen LogP contribution is 2.28. The van der Waals surface area contributed by atoms with Gasteiger partial charge in [-0.2, -0.15) is 4.98 Å². The Balaban J connectivity index is 2.04. The van der Waals surface area contributed by atoms with E-state index < -0.39 is 0 Å². The first-order valence-electron chi connectivity index (χ1n) is 6.82. The van der Waals surface area contributed by atoms with E-state index in [9.17, 15) is 0 Å². The van der Waals surface area contributed by atoms with Crippen molar-refractivity contribution >= 4 is 5.69 Å². The maximum absolute atomic E-state index is 5.91. The molecule has 0 fully saturated rings. The lowest BCUT2D eigenvalue weighted by Gasteiger charge is -2.06. The minimum absolute atomic E-state index is 0.499. The number of rotatable bonds is 2. The molecule has 0 aliphatic carbocycles. The van der Waals surface area contributed by atoms with Gasteiger partial charge in [0.05, 0.1) is 0 Å². The topological polar surface area (TPSA) is 64.9 Å². The van der Waals surface area contributed by atoms with Crippen LogP contribution in [0.3, 0.4) is 0 Å². The maximum atomic E-state index is 5.91.